The van der Waals surface area contributed by atoms with Gasteiger partial charge in [0.15, 0.2) is 11.6 Å². The largest absolute Gasteiger partial charge is 0.394 e. The maximum atomic E-state index is 13.9. The molecule has 0 bridgehead atoms. The van der Waals surface area contributed by atoms with Crippen LogP contribution in [0.3, 0.4) is 0 Å². The number of nitrogens with zero attached hydrogens (tertiary/aromatic N) is 3. The summed E-state index contributed by atoms with van der Waals surface area (Å²) in [4.78, 5) is 19.2. The third kappa shape index (κ3) is 2.44. The highest BCUT2D eigenvalue weighted by molar-refractivity contribution is 6.09. The first-order valence-electron chi connectivity index (χ1n) is 9.06. The van der Waals surface area contributed by atoms with E-state index in [2.05, 4.69) is 4.98 Å². The fraction of sp³-hybridized carbons (Fsp3) is 0.300. The van der Waals surface area contributed by atoms with Crippen LogP contribution in [0, 0.1) is 17.5 Å². The first kappa shape index (κ1) is 17.2. The summed E-state index contributed by atoms with van der Waals surface area (Å²) in [6, 6.07) is 4.29. The van der Waals surface area contributed by atoms with Gasteiger partial charge in [-0.15, -0.1) is 0 Å². The number of aromatic nitrogens is 2. The van der Waals surface area contributed by atoms with Gasteiger partial charge in [0, 0.05) is 24.2 Å². The number of halogens is 3. The standard InChI is InChI=1S/C20H16F3N3O2/c21-11-6-16-18(24-7-11)17(10-1-4-14(22)15(23)5-10)19-20(28)26(12-2-3-12)13(9-27)8-25(16)19/h1,4-7,12-13,27H,2-3,8-9H2. The van der Waals surface area contributed by atoms with E-state index in [9.17, 15) is 23.1 Å². The highest BCUT2D eigenvalue weighted by Crippen LogP contribution is 2.41. The molecule has 1 aliphatic heterocycles. The average molecular weight is 387 g/mol. The van der Waals surface area contributed by atoms with Crippen LogP contribution in [0.2, 0.25) is 0 Å². The van der Waals surface area contributed by atoms with Crippen molar-refractivity contribution >= 4 is 16.9 Å². The molecule has 0 saturated heterocycles. The Bertz CT molecular complexity index is 1120. The van der Waals surface area contributed by atoms with Gasteiger partial charge < -0.3 is 14.6 Å². The van der Waals surface area contributed by atoms with Gasteiger partial charge in [-0.2, -0.15) is 0 Å². The Balaban J connectivity index is 1.81. The minimum absolute atomic E-state index is 0.0545. The molecular weight excluding hydrogens is 371 g/mol. The molecule has 8 heteroatoms. The molecule has 1 N–H and O–H groups in total. The smallest absolute Gasteiger partial charge is 0.271 e. The first-order chi connectivity index (χ1) is 13.5. The number of carbonyl (C=O) groups excluding carboxylic acids is 1. The van der Waals surface area contributed by atoms with E-state index in [-0.39, 0.29) is 30.8 Å². The molecule has 1 amide bonds. The number of rotatable bonds is 3. The van der Waals surface area contributed by atoms with E-state index >= 15 is 0 Å². The van der Waals surface area contributed by atoms with E-state index in [1.165, 1.54) is 12.1 Å². The van der Waals surface area contributed by atoms with Crippen molar-refractivity contribution < 1.29 is 23.1 Å². The monoisotopic (exact) mass is 387 g/mol. The third-order valence-electron chi connectivity index (χ3n) is 5.45. The van der Waals surface area contributed by atoms with Crippen LogP contribution in [0.15, 0.2) is 30.5 Å². The predicted octanol–water partition coefficient (Wildman–Crippen LogP) is 3.10. The number of pyridine rings is 1. The minimum atomic E-state index is -1.04. The maximum Gasteiger partial charge on any atom is 0.271 e. The van der Waals surface area contributed by atoms with Gasteiger partial charge >= 0.3 is 0 Å². The molecule has 5 rings (SSSR count). The molecule has 1 saturated carbocycles. The molecule has 2 aromatic heterocycles. The van der Waals surface area contributed by atoms with E-state index in [0.29, 0.717) is 22.2 Å². The van der Waals surface area contributed by atoms with Gasteiger partial charge in [0.2, 0.25) is 0 Å². The summed E-state index contributed by atoms with van der Waals surface area (Å²) in [5.74, 6) is -2.91. The Morgan fingerprint density at radius 3 is 2.61 bits per heavy atom. The fourth-order valence-electron chi connectivity index (χ4n) is 4.08. The summed E-state index contributed by atoms with van der Waals surface area (Å²) in [7, 11) is 0. The molecule has 1 fully saturated rings. The highest BCUT2D eigenvalue weighted by Gasteiger charge is 2.43. The normalized spacial score (nSPS) is 19.4. The van der Waals surface area contributed by atoms with Crippen LogP contribution in [0.5, 0.6) is 0 Å². The summed E-state index contributed by atoms with van der Waals surface area (Å²) >= 11 is 0. The van der Waals surface area contributed by atoms with Crippen LogP contribution in [0.25, 0.3) is 22.2 Å². The molecule has 2 aliphatic rings. The van der Waals surface area contributed by atoms with E-state index in [1.54, 1.807) is 9.47 Å². The number of aliphatic hydroxyl groups is 1. The Hall–Kier alpha value is -2.87. The van der Waals surface area contributed by atoms with Crippen molar-refractivity contribution in [3.8, 4) is 11.1 Å². The van der Waals surface area contributed by atoms with Crippen molar-refractivity contribution in [1.82, 2.24) is 14.5 Å². The zero-order valence-corrected chi connectivity index (χ0v) is 14.7. The van der Waals surface area contributed by atoms with Crippen LogP contribution in [-0.4, -0.2) is 44.2 Å². The molecule has 5 nitrogen and oxygen atoms in total. The van der Waals surface area contributed by atoms with Gasteiger partial charge in [-0.25, -0.2) is 13.2 Å². The number of benzene rings is 1. The number of aliphatic hydroxyl groups excluding tert-OH is 1. The van der Waals surface area contributed by atoms with Crippen LogP contribution < -0.4 is 0 Å². The van der Waals surface area contributed by atoms with E-state index < -0.39 is 23.5 Å². The predicted molar refractivity (Wildman–Crippen MR) is 95.1 cm³/mol. The SMILES string of the molecule is O=C1c2c(-c3ccc(F)c(F)c3)c3ncc(F)cc3n2CC(CO)N1C1CC1. The number of hydrogen-bond acceptors (Lipinski definition) is 3. The summed E-state index contributed by atoms with van der Waals surface area (Å²) in [5, 5.41) is 9.81. The van der Waals surface area contributed by atoms with Crippen LogP contribution in [0.4, 0.5) is 13.2 Å². The maximum absolute atomic E-state index is 13.9. The minimum Gasteiger partial charge on any atom is -0.394 e. The van der Waals surface area contributed by atoms with Crippen LogP contribution in [-0.2, 0) is 6.54 Å². The van der Waals surface area contributed by atoms with Gasteiger partial charge in [0.25, 0.3) is 5.91 Å². The summed E-state index contributed by atoms with van der Waals surface area (Å²) in [6.07, 6.45) is 2.75. The number of fused-ring (bicyclic) bond motifs is 3. The van der Waals surface area contributed by atoms with Crippen LogP contribution >= 0.6 is 0 Å². The molecule has 3 heterocycles. The van der Waals surface area contributed by atoms with E-state index in [1.807, 2.05) is 0 Å². The Kier molecular flexibility index (Phi) is 3.74. The topological polar surface area (TPSA) is 58.4 Å². The second-order valence-electron chi connectivity index (χ2n) is 7.26. The third-order valence-corrected chi connectivity index (χ3v) is 5.45. The van der Waals surface area contributed by atoms with Gasteiger partial charge in [-0.1, -0.05) is 6.07 Å². The lowest BCUT2D eigenvalue weighted by molar-refractivity contribution is 0.0466. The van der Waals surface area contributed by atoms with Crippen molar-refractivity contribution in [2.24, 2.45) is 0 Å². The zero-order valence-electron chi connectivity index (χ0n) is 14.7. The van der Waals surface area contributed by atoms with Crippen molar-refractivity contribution in [2.45, 2.75) is 31.5 Å². The summed E-state index contributed by atoms with van der Waals surface area (Å²) in [5.41, 5.74) is 1.63. The lowest BCUT2D eigenvalue weighted by atomic mass is 10.0. The second kappa shape index (κ2) is 6.07. The lowest BCUT2D eigenvalue weighted by Gasteiger charge is -2.36. The Morgan fingerprint density at radius 1 is 1.14 bits per heavy atom. The Labute approximate surface area is 158 Å². The van der Waals surface area contributed by atoms with Crippen molar-refractivity contribution in [3.63, 3.8) is 0 Å². The molecular formula is C20H16F3N3O2. The highest BCUT2D eigenvalue weighted by atomic mass is 19.2. The zero-order chi connectivity index (χ0) is 19.6. The van der Waals surface area contributed by atoms with E-state index in [0.717, 1.165) is 31.2 Å². The molecule has 1 atom stereocenters. The fourth-order valence-corrected chi connectivity index (χ4v) is 4.08. The van der Waals surface area contributed by atoms with E-state index in [4.69, 9.17) is 0 Å². The first-order valence-corrected chi connectivity index (χ1v) is 9.06. The quantitative estimate of drug-likeness (QED) is 0.751. The van der Waals surface area contributed by atoms with Gasteiger partial charge in [0.05, 0.1) is 29.9 Å². The molecule has 0 spiro atoms. The van der Waals surface area contributed by atoms with Crippen LogP contribution in [0.1, 0.15) is 23.3 Å². The molecule has 0 radical (unpaired) electrons. The molecule has 1 aromatic carbocycles. The Morgan fingerprint density at radius 2 is 1.93 bits per heavy atom. The second-order valence-corrected chi connectivity index (χ2v) is 7.26. The van der Waals surface area contributed by atoms with Gasteiger partial charge in [0.1, 0.15) is 11.5 Å². The number of amides is 1. The summed E-state index contributed by atoms with van der Waals surface area (Å²) < 4.78 is 42.9. The molecule has 144 valence electrons. The average Bonchev–Trinajstić information content (AvgIpc) is 3.46. The van der Waals surface area contributed by atoms with Crippen molar-refractivity contribution in [2.75, 3.05) is 6.61 Å². The lowest BCUT2D eigenvalue weighted by Crippen LogP contribution is -2.50. The van der Waals surface area contributed by atoms with Crippen molar-refractivity contribution in [3.05, 3.63) is 53.6 Å². The van der Waals surface area contributed by atoms with Crippen molar-refractivity contribution in [1.29, 1.82) is 0 Å². The summed E-state index contributed by atoms with van der Waals surface area (Å²) in [6.45, 7) is 0.0595. The molecule has 1 unspecified atom stereocenters. The van der Waals surface area contributed by atoms with Gasteiger partial charge in [-0.3, -0.25) is 9.78 Å². The molecule has 3 aromatic rings. The molecule has 1 aliphatic carbocycles. The number of hydrogen-bond donors (Lipinski definition) is 1. The number of carbonyl (C=O) groups is 1. The van der Waals surface area contributed by atoms with Gasteiger partial charge in [-0.05, 0) is 30.5 Å². The molecule has 28 heavy (non-hydrogen) atoms.